The molecule has 4 atom stereocenters. The van der Waals surface area contributed by atoms with Gasteiger partial charge in [0.15, 0.2) is 17.1 Å². The number of nitrogens with two attached hydrogens (primary N) is 1. The van der Waals surface area contributed by atoms with Crippen LogP contribution in [0.1, 0.15) is 41.6 Å². The maximum atomic E-state index is 15.3. The number of nitrogens with one attached hydrogen (secondary N) is 2. The van der Waals surface area contributed by atoms with Crippen molar-refractivity contribution in [3.63, 3.8) is 0 Å². The molecular formula is C27H31FN4O8. The number of halogens is 1. The monoisotopic (exact) mass is 558 g/mol. The zero-order valence-electron chi connectivity index (χ0n) is 22.0. The van der Waals surface area contributed by atoms with Crippen LogP contribution in [0.3, 0.4) is 0 Å². The average Bonchev–Trinajstić information content (AvgIpc) is 2.83. The Balaban J connectivity index is 1.56. The molecule has 8 N–H and O–H groups in total. The number of hydrogen-bond donors (Lipinski definition) is 7. The number of phenols is 1. The standard InChI is InChI=1S/C27H31FN4O8/c1-32(2)20-13-7-10-6-12-14(28)8-15(31-16(33)9-30-11-4-3-5-11)21(34)18(12)22(35)17(10)24(37)27(13,40)25(38)19(23(20)36)26(29)39/h8,10-11,13,20,30,34,36-37,40H,3-7,9H2,1-2H3,(H2,29,39)(H,31,33)/t10-,13-,20-,27-/m0/s1. The van der Waals surface area contributed by atoms with Gasteiger partial charge in [0.25, 0.3) is 5.91 Å². The molecule has 0 spiro atoms. The van der Waals surface area contributed by atoms with Crippen LogP contribution in [-0.4, -0.2) is 87.0 Å². The Morgan fingerprint density at radius 2 is 1.88 bits per heavy atom. The summed E-state index contributed by atoms with van der Waals surface area (Å²) in [5.74, 6) is -9.72. The molecule has 0 bridgehead atoms. The van der Waals surface area contributed by atoms with E-state index in [1.165, 1.54) is 19.0 Å². The van der Waals surface area contributed by atoms with Gasteiger partial charge in [0, 0.05) is 29.2 Å². The molecule has 1 aromatic rings. The van der Waals surface area contributed by atoms with E-state index in [-0.39, 0.29) is 36.7 Å². The van der Waals surface area contributed by atoms with Crippen LogP contribution in [0.15, 0.2) is 28.7 Å². The number of hydrogen-bond acceptors (Lipinski definition) is 10. The van der Waals surface area contributed by atoms with Gasteiger partial charge in [-0.25, -0.2) is 4.39 Å². The molecule has 1 aromatic carbocycles. The number of aliphatic hydroxyl groups is 3. The fraction of sp³-hybridized carbons (Fsp3) is 0.481. The molecule has 13 heteroatoms. The first kappa shape index (κ1) is 27.7. The molecule has 214 valence electrons. The normalized spacial score (nSPS) is 28.2. The van der Waals surface area contributed by atoms with E-state index in [9.17, 15) is 39.6 Å². The molecule has 0 aromatic heterocycles. The van der Waals surface area contributed by atoms with Crippen LogP contribution in [0.2, 0.25) is 0 Å². The van der Waals surface area contributed by atoms with Gasteiger partial charge >= 0.3 is 0 Å². The van der Waals surface area contributed by atoms with Crippen molar-refractivity contribution < 1.29 is 44.0 Å². The molecule has 0 aliphatic heterocycles. The zero-order valence-corrected chi connectivity index (χ0v) is 22.0. The van der Waals surface area contributed by atoms with Gasteiger partial charge in [-0.15, -0.1) is 0 Å². The fourth-order valence-corrected chi connectivity index (χ4v) is 6.41. The Bertz CT molecular complexity index is 1420. The molecule has 2 amide bonds. The minimum absolute atomic E-state index is 0.0864. The zero-order chi connectivity index (χ0) is 29.3. The summed E-state index contributed by atoms with van der Waals surface area (Å²) in [7, 11) is 3.03. The number of rotatable bonds is 6. The minimum Gasteiger partial charge on any atom is -0.510 e. The second-order valence-corrected chi connectivity index (χ2v) is 11.1. The molecule has 1 fully saturated rings. The smallest absolute Gasteiger partial charge is 0.255 e. The molecule has 4 aliphatic rings. The summed E-state index contributed by atoms with van der Waals surface area (Å²) in [4.78, 5) is 52.9. The number of nitrogens with zero attached hydrogens (tertiary/aromatic N) is 1. The summed E-state index contributed by atoms with van der Waals surface area (Å²) in [5.41, 5.74) is 0.187. The van der Waals surface area contributed by atoms with E-state index in [0.29, 0.717) is 0 Å². The fourth-order valence-electron chi connectivity index (χ4n) is 6.41. The number of carbonyl (C=O) groups excluding carboxylic acids is 4. The van der Waals surface area contributed by atoms with Crippen LogP contribution in [0.4, 0.5) is 10.1 Å². The Morgan fingerprint density at radius 1 is 1.20 bits per heavy atom. The molecule has 0 radical (unpaired) electrons. The number of fused-ring (bicyclic) bond motifs is 3. The van der Waals surface area contributed by atoms with Crippen molar-refractivity contribution in [1.82, 2.24) is 10.2 Å². The maximum absolute atomic E-state index is 15.3. The lowest BCUT2D eigenvalue weighted by molar-refractivity contribution is -0.148. The van der Waals surface area contributed by atoms with E-state index in [2.05, 4.69) is 10.6 Å². The number of benzene rings is 1. The highest BCUT2D eigenvalue weighted by molar-refractivity contribution is 6.25. The SMILES string of the molecule is CN(C)[C@@H]1C(O)=C(C(N)=O)C(=O)[C@@]2(O)C(O)=C3C(=O)c4c(O)c(NC(=O)CNC5CCC5)cc(F)c4C[C@H]3C[C@@H]12. The van der Waals surface area contributed by atoms with Gasteiger partial charge in [0.1, 0.15) is 22.9 Å². The summed E-state index contributed by atoms with van der Waals surface area (Å²) in [6, 6.07) is -0.0261. The lowest BCUT2D eigenvalue weighted by Gasteiger charge is -2.50. The summed E-state index contributed by atoms with van der Waals surface area (Å²) >= 11 is 0. The number of likely N-dealkylation sites (N-methyl/N-ethyl adjacent to an activating group) is 1. The van der Waals surface area contributed by atoms with Gasteiger partial charge < -0.3 is 36.8 Å². The molecule has 0 unspecified atom stereocenters. The molecule has 5 rings (SSSR count). The van der Waals surface area contributed by atoms with E-state index in [1.807, 2.05) is 0 Å². The Labute approximate surface area is 228 Å². The molecule has 12 nitrogen and oxygen atoms in total. The van der Waals surface area contributed by atoms with Gasteiger partial charge in [-0.05, 0) is 45.7 Å². The van der Waals surface area contributed by atoms with E-state index in [1.54, 1.807) is 0 Å². The van der Waals surface area contributed by atoms with E-state index < -0.39 is 86.7 Å². The predicted octanol–water partition coefficient (Wildman–Crippen LogP) is 0.340. The van der Waals surface area contributed by atoms with E-state index in [4.69, 9.17) is 5.73 Å². The number of amides is 2. The minimum atomic E-state index is -2.79. The van der Waals surface area contributed by atoms with Crippen LogP contribution < -0.4 is 16.4 Å². The first-order chi connectivity index (χ1) is 18.8. The third-order valence-corrected chi connectivity index (χ3v) is 8.60. The number of carbonyl (C=O) groups is 4. The lowest BCUT2D eigenvalue weighted by atomic mass is 9.58. The van der Waals surface area contributed by atoms with Crippen molar-refractivity contribution in [3.8, 4) is 5.75 Å². The highest BCUT2D eigenvalue weighted by Crippen LogP contribution is 2.53. The summed E-state index contributed by atoms with van der Waals surface area (Å²) in [6.07, 6.45) is 2.58. The van der Waals surface area contributed by atoms with E-state index >= 15 is 4.39 Å². The largest absolute Gasteiger partial charge is 0.510 e. The molecule has 40 heavy (non-hydrogen) atoms. The van der Waals surface area contributed by atoms with Crippen LogP contribution in [0.5, 0.6) is 5.75 Å². The van der Waals surface area contributed by atoms with Gasteiger partial charge in [-0.3, -0.25) is 24.1 Å². The number of allylic oxidation sites excluding steroid dienone is 1. The van der Waals surface area contributed by atoms with Crippen molar-refractivity contribution in [1.29, 1.82) is 0 Å². The van der Waals surface area contributed by atoms with Crippen LogP contribution >= 0.6 is 0 Å². The lowest BCUT2D eigenvalue weighted by Crippen LogP contribution is -2.63. The quantitative estimate of drug-likeness (QED) is 0.188. The van der Waals surface area contributed by atoms with Crippen molar-refractivity contribution in [2.45, 2.75) is 49.8 Å². The molecule has 0 saturated heterocycles. The number of primary amides is 1. The Kier molecular flexibility index (Phi) is 6.71. The third kappa shape index (κ3) is 3.99. The van der Waals surface area contributed by atoms with Gasteiger partial charge in [-0.2, -0.15) is 0 Å². The van der Waals surface area contributed by atoms with Crippen molar-refractivity contribution in [2.24, 2.45) is 17.6 Å². The van der Waals surface area contributed by atoms with Gasteiger partial charge in [0.05, 0.1) is 23.8 Å². The number of anilines is 1. The molecular weight excluding hydrogens is 527 g/mol. The second-order valence-electron chi connectivity index (χ2n) is 11.1. The molecule has 1 saturated carbocycles. The first-order valence-electron chi connectivity index (χ1n) is 13.0. The van der Waals surface area contributed by atoms with Crippen molar-refractivity contribution in [2.75, 3.05) is 26.0 Å². The number of ketones is 2. The van der Waals surface area contributed by atoms with Crippen LogP contribution in [-0.2, 0) is 20.8 Å². The number of aromatic hydroxyl groups is 1. The molecule has 4 aliphatic carbocycles. The number of phenolic OH excluding ortho intramolecular Hbond substituents is 1. The van der Waals surface area contributed by atoms with Gasteiger partial charge in [-0.1, -0.05) is 6.42 Å². The Hall–Kier alpha value is -3.81. The highest BCUT2D eigenvalue weighted by Gasteiger charge is 2.63. The predicted molar refractivity (Wildman–Crippen MR) is 138 cm³/mol. The number of aliphatic hydroxyl groups excluding tert-OH is 2. The molecule has 0 heterocycles. The third-order valence-electron chi connectivity index (χ3n) is 8.60. The van der Waals surface area contributed by atoms with Crippen LogP contribution in [0, 0.1) is 17.7 Å². The van der Waals surface area contributed by atoms with Crippen molar-refractivity contribution in [3.05, 3.63) is 45.7 Å². The summed E-state index contributed by atoms with van der Waals surface area (Å²) in [6.45, 7) is -0.0864. The maximum Gasteiger partial charge on any atom is 0.255 e. The Morgan fingerprint density at radius 3 is 2.45 bits per heavy atom. The first-order valence-corrected chi connectivity index (χ1v) is 13.0. The van der Waals surface area contributed by atoms with Crippen LogP contribution in [0.25, 0.3) is 0 Å². The van der Waals surface area contributed by atoms with E-state index in [0.717, 1.165) is 25.3 Å². The van der Waals surface area contributed by atoms with Gasteiger partial charge in [0.2, 0.25) is 11.7 Å². The summed E-state index contributed by atoms with van der Waals surface area (Å²) in [5, 5.41) is 50.1. The topological polar surface area (TPSA) is 203 Å². The number of Topliss-reactive ketones (excluding diaryl/α,β-unsaturated/α-hetero) is 2. The van der Waals surface area contributed by atoms with Crippen molar-refractivity contribution >= 4 is 29.1 Å². The highest BCUT2D eigenvalue weighted by atomic mass is 19.1. The summed E-state index contributed by atoms with van der Waals surface area (Å²) < 4.78 is 15.3. The second kappa shape index (κ2) is 9.68. The average molecular weight is 559 g/mol.